The summed E-state index contributed by atoms with van der Waals surface area (Å²) in [5.74, 6) is -1.54. The number of nitrogens with zero attached hydrogens (tertiary/aromatic N) is 1. The van der Waals surface area contributed by atoms with Crippen molar-refractivity contribution in [2.75, 3.05) is 0 Å². The van der Waals surface area contributed by atoms with Crippen LogP contribution in [0.15, 0.2) is 29.8 Å². The first-order chi connectivity index (χ1) is 16.9. The van der Waals surface area contributed by atoms with Gasteiger partial charge in [0.15, 0.2) is 0 Å². The van der Waals surface area contributed by atoms with Crippen LogP contribution >= 0.6 is 11.3 Å². The van der Waals surface area contributed by atoms with E-state index in [0.29, 0.717) is 13.0 Å². The SMILES string of the molecule is CC1=CC[C@@H](c2ccc3sc(CN)nc3c2)OC(=O)CC(O)C(C)(C)C(=O)C(C)[C@@H](O)C(C)CCC1. The van der Waals surface area contributed by atoms with Gasteiger partial charge in [-0.3, -0.25) is 9.59 Å². The molecule has 2 aromatic rings. The van der Waals surface area contributed by atoms with Gasteiger partial charge in [0.1, 0.15) is 16.9 Å². The average molecular weight is 517 g/mol. The Morgan fingerprint density at radius 2 is 1.94 bits per heavy atom. The number of cyclic esters (lactones) is 1. The maximum atomic E-state index is 13.2. The van der Waals surface area contributed by atoms with E-state index in [-0.39, 0.29) is 18.1 Å². The quantitative estimate of drug-likeness (QED) is 0.386. The Kier molecular flexibility index (Phi) is 9.44. The van der Waals surface area contributed by atoms with Crippen LogP contribution < -0.4 is 5.73 Å². The van der Waals surface area contributed by atoms with Gasteiger partial charge in [0, 0.05) is 18.9 Å². The van der Waals surface area contributed by atoms with E-state index < -0.39 is 35.6 Å². The lowest BCUT2D eigenvalue weighted by Gasteiger charge is -2.34. The maximum Gasteiger partial charge on any atom is 0.309 e. The van der Waals surface area contributed by atoms with E-state index in [9.17, 15) is 19.8 Å². The van der Waals surface area contributed by atoms with Gasteiger partial charge in [-0.05, 0) is 49.8 Å². The molecule has 1 aromatic heterocycles. The normalized spacial score (nSPS) is 29.1. The monoisotopic (exact) mass is 516 g/mol. The molecule has 0 radical (unpaired) electrons. The first-order valence-corrected chi connectivity index (χ1v) is 13.6. The number of carbonyl (C=O) groups excluding carboxylic acids is 2. The highest BCUT2D eigenvalue weighted by Crippen LogP contribution is 2.34. The Morgan fingerprint density at radius 1 is 1.22 bits per heavy atom. The van der Waals surface area contributed by atoms with Crippen molar-refractivity contribution >= 4 is 33.3 Å². The van der Waals surface area contributed by atoms with Crippen molar-refractivity contribution in [1.29, 1.82) is 0 Å². The molecular formula is C28H40N2O5S. The highest BCUT2D eigenvalue weighted by Gasteiger charge is 2.42. The number of rotatable bonds is 2. The van der Waals surface area contributed by atoms with Gasteiger partial charge in [0.05, 0.1) is 34.3 Å². The fourth-order valence-electron chi connectivity index (χ4n) is 4.83. The van der Waals surface area contributed by atoms with Gasteiger partial charge in [-0.25, -0.2) is 4.98 Å². The molecule has 2 heterocycles. The summed E-state index contributed by atoms with van der Waals surface area (Å²) in [6.07, 6.45) is 2.21. The van der Waals surface area contributed by atoms with Crippen molar-refractivity contribution in [2.24, 2.45) is 23.0 Å². The van der Waals surface area contributed by atoms with Crippen LogP contribution in [-0.2, 0) is 20.9 Å². The molecule has 1 aliphatic heterocycles. The summed E-state index contributed by atoms with van der Waals surface area (Å²) in [5, 5.41) is 22.5. The minimum Gasteiger partial charge on any atom is -0.457 e. The number of allylic oxidation sites excluding steroid dienone is 1. The molecule has 0 spiro atoms. The van der Waals surface area contributed by atoms with Crippen LogP contribution in [0.25, 0.3) is 10.2 Å². The molecule has 5 atom stereocenters. The third kappa shape index (κ3) is 6.59. The van der Waals surface area contributed by atoms with E-state index in [1.165, 1.54) is 5.57 Å². The first kappa shape index (κ1) is 28.4. The molecule has 0 bridgehead atoms. The molecule has 4 N–H and O–H groups in total. The van der Waals surface area contributed by atoms with Crippen molar-refractivity contribution in [1.82, 2.24) is 4.98 Å². The van der Waals surface area contributed by atoms with Gasteiger partial charge in [-0.1, -0.05) is 45.4 Å². The number of carbonyl (C=O) groups is 2. The molecule has 3 rings (SSSR count). The van der Waals surface area contributed by atoms with Crippen LogP contribution in [0.4, 0.5) is 0 Å². The zero-order valence-corrected chi connectivity index (χ0v) is 22.8. The third-order valence-corrected chi connectivity index (χ3v) is 8.58. The maximum absolute atomic E-state index is 13.2. The van der Waals surface area contributed by atoms with Gasteiger partial charge in [0.25, 0.3) is 0 Å². The lowest BCUT2D eigenvalue weighted by Crippen LogP contribution is -2.45. The largest absolute Gasteiger partial charge is 0.457 e. The number of nitrogens with two attached hydrogens (primary N) is 1. The number of hydrogen-bond acceptors (Lipinski definition) is 8. The summed E-state index contributed by atoms with van der Waals surface area (Å²) >= 11 is 1.54. The molecule has 1 aromatic carbocycles. The average Bonchev–Trinajstić information content (AvgIpc) is 3.26. The van der Waals surface area contributed by atoms with E-state index in [1.54, 1.807) is 32.1 Å². The summed E-state index contributed by atoms with van der Waals surface area (Å²) in [7, 11) is 0. The topological polar surface area (TPSA) is 123 Å². The molecule has 1 aliphatic rings. The molecule has 7 nitrogen and oxygen atoms in total. The minimum absolute atomic E-state index is 0.0569. The fraction of sp³-hybridized carbons (Fsp3) is 0.607. The smallest absolute Gasteiger partial charge is 0.309 e. The van der Waals surface area contributed by atoms with Crippen molar-refractivity contribution in [3.05, 3.63) is 40.4 Å². The number of thiazole rings is 1. The van der Waals surface area contributed by atoms with E-state index in [0.717, 1.165) is 40.1 Å². The number of Topliss-reactive ketones (excluding diaryl/α,β-unsaturated/α-hetero) is 1. The molecule has 3 unspecified atom stereocenters. The van der Waals surface area contributed by atoms with E-state index in [1.807, 2.05) is 25.1 Å². The van der Waals surface area contributed by atoms with E-state index in [4.69, 9.17) is 10.5 Å². The van der Waals surface area contributed by atoms with E-state index in [2.05, 4.69) is 18.0 Å². The molecule has 36 heavy (non-hydrogen) atoms. The first-order valence-electron chi connectivity index (χ1n) is 12.8. The fourth-order valence-corrected chi connectivity index (χ4v) is 5.66. The minimum atomic E-state index is -1.23. The molecule has 8 heteroatoms. The number of esters is 1. The molecule has 198 valence electrons. The molecule has 0 fully saturated rings. The third-order valence-electron chi connectivity index (χ3n) is 7.52. The second-order valence-electron chi connectivity index (χ2n) is 10.8. The Balaban J connectivity index is 1.91. The van der Waals surface area contributed by atoms with Gasteiger partial charge >= 0.3 is 5.97 Å². The number of aliphatic hydroxyl groups is 2. The standard InChI is InChI=1S/C28H40N2O5S/c1-16-7-6-8-17(2)26(33)18(3)27(34)28(4,5)23(31)14-25(32)35-21(11-9-16)19-10-12-22-20(13-19)30-24(15-29)36-22/h9-10,12-13,17-18,21,23,26,31,33H,6-8,11,14-15,29H2,1-5H3/t17?,18?,21-,23?,26-/m0/s1. The van der Waals surface area contributed by atoms with Crippen molar-refractivity contribution in [3.63, 3.8) is 0 Å². The Labute approximate surface area is 217 Å². The zero-order chi connectivity index (χ0) is 26.6. The number of aromatic nitrogens is 1. The highest BCUT2D eigenvalue weighted by molar-refractivity contribution is 7.18. The van der Waals surface area contributed by atoms with Crippen molar-refractivity contribution in [3.8, 4) is 0 Å². The van der Waals surface area contributed by atoms with Crippen LogP contribution in [0, 0.1) is 17.3 Å². The lowest BCUT2D eigenvalue weighted by atomic mass is 9.73. The zero-order valence-electron chi connectivity index (χ0n) is 22.0. The highest BCUT2D eigenvalue weighted by atomic mass is 32.1. The summed E-state index contributed by atoms with van der Waals surface area (Å²) < 4.78 is 6.90. The van der Waals surface area contributed by atoms with Gasteiger partial charge in [-0.2, -0.15) is 0 Å². The van der Waals surface area contributed by atoms with Crippen LogP contribution in [0.5, 0.6) is 0 Å². The van der Waals surface area contributed by atoms with Crippen LogP contribution in [0.2, 0.25) is 0 Å². The summed E-state index contributed by atoms with van der Waals surface area (Å²) in [6.45, 7) is 9.33. The lowest BCUT2D eigenvalue weighted by molar-refractivity contribution is -0.155. The summed E-state index contributed by atoms with van der Waals surface area (Å²) in [6, 6.07) is 5.84. The number of aliphatic hydroxyl groups excluding tert-OH is 2. The van der Waals surface area contributed by atoms with Crippen LogP contribution in [0.3, 0.4) is 0 Å². The number of fused-ring (bicyclic) bond motifs is 1. The van der Waals surface area contributed by atoms with Gasteiger partial charge in [-0.15, -0.1) is 11.3 Å². The molecular weight excluding hydrogens is 476 g/mol. The van der Waals surface area contributed by atoms with Gasteiger partial charge in [0.2, 0.25) is 0 Å². The Morgan fingerprint density at radius 3 is 2.64 bits per heavy atom. The molecule has 0 amide bonds. The summed E-state index contributed by atoms with van der Waals surface area (Å²) in [4.78, 5) is 30.8. The van der Waals surface area contributed by atoms with E-state index >= 15 is 0 Å². The van der Waals surface area contributed by atoms with Crippen molar-refractivity contribution < 1.29 is 24.5 Å². The second kappa shape index (κ2) is 11.9. The predicted molar refractivity (Wildman–Crippen MR) is 142 cm³/mol. The number of ether oxygens (including phenoxy) is 1. The summed E-state index contributed by atoms with van der Waals surface area (Å²) in [5.41, 5.74) is 7.36. The Hall–Kier alpha value is -2.13. The van der Waals surface area contributed by atoms with Crippen LogP contribution in [-0.4, -0.2) is 39.2 Å². The van der Waals surface area contributed by atoms with Crippen molar-refractivity contribution in [2.45, 2.75) is 91.6 Å². The number of hydrogen-bond donors (Lipinski definition) is 3. The second-order valence-corrected chi connectivity index (χ2v) is 11.9. The van der Waals surface area contributed by atoms with Crippen LogP contribution in [0.1, 0.15) is 83.4 Å². The predicted octanol–water partition coefficient (Wildman–Crippen LogP) is 4.84. The number of benzene rings is 1. The molecule has 0 aliphatic carbocycles. The number of ketones is 1. The molecule has 0 saturated carbocycles. The Bertz CT molecular complexity index is 1110. The molecule has 0 saturated heterocycles. The van der Waals surface area contributed by atoms with Gasteiger partial charge < -0.3 is 20.7 Å².